The number of carbonyl (C=O) groups excluding carboxylic acids is 2. The standard InChI is InChI=1S/C21H23ClN2O3/c1-2-27-20(26)24-15-13-23(14-16-24)19(25)21(22,17-9-5-3-6-10-17)18-11-7-4-8-12-18/h3-12H,2,13-16H2,1H3. The number of benzene rings is 2. The summed E-state index contributed by atoms with van der Waals surface area (Å²) in [5.41, 5.74) is 1.46. The summed E-state index contributed by atoms with van der Waals surface area (Å²) in [6.45, 7) is 3.82. The molecule has 142 valence electrons. The number of halogens is 1. The van der Waals surface area contributed by atoms with Gasteiger partial charge in [-0.1, -0.05) is 72.3 Å². The second-order valence-corrected chi connectivity index (χ2v) is 6.94. The van der Waals surface area contributed by atoms with Crippen LogP contribution in [0.4, 0.5) is 4.79 Å². The van der Waals surface area contributed by atoms with Gasteiger partial charge in [-0.05, 0) is 18.1 Å². The van der Waals surface area contributed by atoms with Gasteiger partial charge in [-0.3, -0.25) is 4.79 Å². The minimum Gasteiger partial charge on any atom is -0.450 e. The van der Waals surface area contributed by atoms with E-state index in [1.807, 2.05) is 60.7 Å². The molecule has 2 amide bonds. The van der Waals surface area contributed by atoms with Crippen molar-refractivity contribution in [1.29, 1.82) is 0 Å². The second-order valence-electron chi connectivity index (χ2n) is 6.37. The van der Waals surface area contributed by atoms with Crippen molar-refractivity contribution < 1.29 is 14.3 Å². The van der Waals surface area contributed by atoms with Gasteiger partial charge in [0.05, 0.1) is 6.61 Å². The molecule has 1 fully saturated rings. The Morgan fingerprint density at radius 3 is 1.78 bits per heavy atom. The molecule has 1 heterocycles. The number of hydrogen-bond donors (Lipinski definition) is 0. The number of nitrogens with zero attached hydrogens (tertiary/aromatic N) is 2. The van der Waals surface area contributed by atoms with Gasteiger partial charge in [-0.25, -0.2) is 4.79 Å². The molecule has 0 aromatic heterocycles. The highest BCUT2D eigenvalue weighted by atomic mass is 35.5. The zero-order valence-electron chi connectivity index (χ0n) is 15.3. The van der Waals surface area contributed by atoms with Crippen molar-refractivity contribution >= 4 is 23.6 Å². The summed E-state index contributed by atoms with van der Waals surface area (Å²) in [6.07, 6.45) is -0.340. The smallest absolute Gasteiger partial charge is 0.409 e. The highest BCUT2D eigenvalue weighted by molar-refractivity contribution is 6.37. The second kappa shape index (κ2) is 8.44. The number of alkyl halides is 1. The van der Waals surface area contributed by atoms with Gasteiger partial charge in [0.2, 0.25) is 0 Å². The summed E-state index contributed by atoms with van der Waals surface area (Å²) in [5, 5.41) is 0. The Labute approximate surface area is 164 Å². The Morgan fingerprint density at radius 1 is 0.889 bits per heavy atom. The fourth-order valence-corrected chi connectivity index (χ4v) is 3.65. The highest BCUT2D eigenvalue weighted by Crippen LogP contribution is 2.38. The lowest BCUT2D eigenvalue weighted by atomic mass is 9.88. The van der Waals surface area contributed by atoms with Crippen LogP contribution in [0.25, 0.3) is 0 Å². The predicted octanol–water partition coefficient (Wildman–Crippen LogP) is 3.47. The van der Waals surface area contributed by atoms with Crippen molar-refractivity contribution in [3.05, 3.63) is 71.8 Å². The van der Waals surface area contributed by atoms with Crippen LogP contribution < -0.4 is 0 Å². The third kappa shape index (κ3) is 3.93. The van der Waals surface area contributed by atoms with Crippen molar-refractivity contribution in [3.8, 4) is 0 Å². The molecule has 0 aliphatic carbocycles. The number of rotatable bonds is 4. The van der Waals surface area contributed by atoms with Crippen LogP contribution >= 0.6 is 11.6 Å². The summed E-state index contributed by atoms with van der Waals surface area (Å²) in [7, 11) is 0. The first-order chi connectivity index (χ1) is 13.1. The zero-order valence-corrected chi connectivity index (χ0v) is 16.1. The monoisotopic (exact) mass is 386 g/mol. The van der Waals surface area contributed by atoms with Gasteiger partial charge in [0.25, 0.3) is 5.91 Å². The largest absolute Gasteiger partial charge is 0.450 e. The Balaban J connectivity index is 1.84. The van der Waals surface area contributed by atoms with Gasteiger partial charge < -0.3 is 14.5 Å². The SMILES string of the molecule is CCOC(=O)N1CCN(C(=O)C(Cl)(c2ccccc2)c2ccccc2)CC1. The van der Waals surface area contributed by atoms with Crippen LogP contribution in [-0.4, -0.2) is 54.6 Å². The minimum absolute atomic E-state index is 0.176. The average molecular weight is 387 g/mol. The lowest BCUT2D eigenvalue weighted by Crippen LogP contribution is -2.54. The molecule has 6 heteroatoms. The summed E-state index contributed by atoms with van der Waals surface area (Å²) in [4.78, 5) is 27.4. The molecule has 0 bridgehead atoms. The van der Waals surface area contributed by atoms with E-state index in [0.717, 1.165) is 11.1 Å². The minimum atomic E-state index is -1.30. The van der Waals surface area contributed by atoms with E-state index in [9.17, 15) is 9.59 Å². The van der Waals surface area contributed by atoms with Gasteiger partial charge in [0.15, 0.2) is 4.87 Å². The first kappa shape index (κ1) is 19.2. The van der Waals surface area contributed by atoms with Crippen LogP contribution in [0.2, 0.25) is 0 Å². The Morgan fingerprint density at radius 2 is 1.33 bits per heavy atom. The average Bonchev–Trinajstić information content (AvgIpc) is 2.74. The fraction of sp³-hybridized carbons (Fsp3) is 0.333. The third-order valence-electron chi connectivity index (χ3n) is 4.73. The molecule has 0 N–H and O–H groups in total. The van der Waals surface area contributed by atoms with E-state index in [1.54, 1.807) is 16.7 Å². The summed E-state index contributed by atoms with van der Waals surface area (Å²) in [5.74, 6) is -0.176. The molecule has 2 aromatic carbocycles. The zero-order chi connectivity index (χ0) is 19.3. The molecular weight excluding hydrogens is 364 g/mol. The van der Waals surface area contributed by atoms with Gasteiger partial charge >= 0.3 is 6.09 Å². The van der Waals surface area contributed by atoms with Gasteiger partial charge in [0.1, 0.15) is 0 Å². The van der Waals surface area contributed by atoms with Gasteiger partial charge in [-0.2, -0.15) is 0 Å². The highest BCUT2D eigenvalue weighted by Gasteiger charge is 2.43. The molecule has 1 saturated heterocycles. The van der Waals surface area contributed by atoms with E-state index in [-0.39, 0.29) is 12.0 Å². The van der Waals surface area contributed by atoms with Crippen LogP contribution in [0.1, 0.15) is 18.1 Å². The predicted molar refractivity (Wildman–Crippen MR) is 105 cm³/mol. The van der Waals surface area contributed by atoms with E-state index in [0.29, 0.717) is 32.8 Å². The van der Waals surface area contributed by atoms with Crippen LogP contribution in [0, 0.1) is 0 Å². The molecule has 0 spiro atoms. The maximum Gasteiger partial charge on any atom is 0.409 e. The van der Waals surface area contributed by atoms with E-state index < -0.39 is 4.87 Å². The number of amides is 2. The third-order valence-corrected chi connectivity index (χ3v) is 5.33. The molecule has 0 atom stereocenters. The molecule has 1 aliphatic rings. The van der Waals surface area contributed by atoms with Crippen LogP contribution in [0.5, 0.6) is 0 Å². The van der Waals surface area contributed by atoms with E-state index in [2.05, 4.69) is 0 Å². The maximum absolute atomic E-state index is 13.5. The maximum atomic E-state index is 13.5. The van der Waals surface area contributed by atoms with Crippen LogP contribution in [-0.2, 0) is 14.4 Å². The Kier molecular flexibility index (Phi) is 6.01. The molecule has 3 rings (SSSR count). The Hall–Kier alpha value is -2.53. The fourth-order valence-electron chi connectivity index (χ4n) is 3.27. The lowest BCUT2D eigenvalue weighted by Gasteiger charge is -2.38. The topological polar surface area (TPSA) is 49.9 Å². The number of ether oxygens (including phenoxy) is 1. The summed E-state index contributed by atoms with van der Waals surface area (Å²) in [6, 6.07) is 18.8. The lowest BCUT2D eigenvalue weighted by molar-refractivity contribution is -0.134. The summed E-state index contributed by atoms with van der Waals surface area (Å²) >= 11 is 7.03. The van der Waals surface area contributed by atoms with Crippen LogP contribution in [0.3, 0.4) is 0 Å². The first-order valence-electron chi connectivity index (χ1n) is 9.08. The van der Waals surface area contributed by atoms with E-state index >= 15 is 0 Å². The van der Waals surface area contributed by atoms with Crippen molar-refractivity contribution in [2.75, 3.05) is 32.8 Å². The molecule has 0 radical (unpaired) electrons. The van der Waals surface area contributed by atoms with Gasteiger partial charge in [-0.15, -0.1) is 0 Å². The van der Waals surface area contributed by atoms with Crippen molar-refractivity contribution in [3.63, 3.8) is 0 Å². The summed E-state index contributed by atoms with van der Waals surface area (Å²) < 4.78 is 5.04. The van der Waals surface area contributed by atoms with Crippen molar-refractivity contribution in [2.45, 2.75) is 11.8 Å². The Bertz CT molecular complexity index is 735. The number of piperazine rings is 1. The quantitative estimate of drug-likeness (QED) is 0.756. The molecule has 27 heavy (non-hydrogen) atoms. The number of hydrogen-bond acceptors (Lipinski definition) is 3. The first-order valence-corrected chi connectivity index (χ1v) is 9.46. The normalized spacial score (nSPS) is 14.7. The molecule has 5 nitrogen and oxygen atoms in total. The van der Waals surface area contributed by atoms with E-state index in [4.69, 9.17) is 16.3 Å². The molecule has 1 aliphatic heterocycles. The number of carbonyl (C=O) groups is 2. The van der Waals surface area contributed by atoms with Gasteiger partial charge in [0, 0.05) is 26.2 Å². The van der Waals surface area contributed by atoms with Crippen LogP contribution in [0.15, 0.2) is 60.7 Å². The van der Waals surface area contributed by atoms with Crippen molar-refractivity contribution in [1.82, 2.24) is 9.80 Å². The molecule has 2 aromatic rings. The molecule has 0 saturated carbocycles. The van der Waals surface area contributed by atoms with E-state index in [1.165, 1.54) is 0 Å². The van der Waals surface area contributed by atoms with Crippen molar-refractivity contribution in [2.24, 2.45) is 0 Å². The molecule has 0 unspecified atom stereocenters. The molecular formula is C21H23ClN2O3.